The van der Waals surface area contributed by atoms with E-state index in [2.05, 4.69) is 4.98 Å². The van der Waals surface area contributed by atoms with Crippen molar-refractivity contribution in [1.29, 1.82) is 0 Å². The summed E-state index contributed by atoms with van der Waals surface area (Å²) in [6.07, 6.45) is -1.63. The van der Waals surface area contributed by atoms with Crippen molar-refractivity contribution in [2.24, 2.45) is 0 Å². The summed E-state index contributed by atoms with van der Waals surface area (Å²) < 4.78 is 23.7. The summed E-state index contributed by atoms with van der Waals surface area (Å²) in [5, 5.41) is 0. The second-order valence-electron chi connectivity index (χ2n) is 2.38. The Balaban J connectivity index is 2.96. The van der Waals surface area contributed by atoms with E-state index in [1.807, 2.05) is 0 Å². The first-order valence-corrected chi connectivity index (χ1v) is 3.36. The predicted octanol–water partition coefficient (Wildman–Crippen LogP) is 1.84. The van der Waals surface area contributed by atoms with Gasteiger partial charge < -0.3 is 0 Å². The number of carbonyl (C=O) groups is 1. The fourth-order valence-corrected chi connectivity index (χ4v) is 0.783. The van der Waals surface area contributed by atoms with Gasteiger partial charge in [-0.05, 0) is 24.6 Å². The number of hydrogen-bond acceptors (Lipinski definition) is 2. The van der Waals surface area contributed by atoms with Crippen LogP contribution in [-0.4, -0.2) is 17.2 Å². The van der Waals surface area contributed by atoms with Crippen LogP contribution in [-0.2, 0) is 0 Å². The van der Waals surface area contributed by atoms with E-state index in [0.717, 1.165) is 5.56 Å². The van der Waals surface area contributed by atoms with E-state index >= 15 is 0 Å². The minimum absolute atomic E-state index is 0.176. The third-order valence-corrected chi connectivity index (χ3v) is 1.37. The second kappa shape index (κ2) is 3.38. The molecule has 0 fully saturated rings. The number of hydrogen-bond donors (Lipinski definition) is 0. The van der Waals surface area contributed by atoms with Crippen molar-refractivity contribution in [3.8, 4) is 0 Å². The van der Waals surface area contributed by atoms with Crippen LogP contribution in [0.25, 0.3) is 0 Å². The van der Waals surface area contributed by atoms with E-state index in [1.54, 1.807) is 13.0 Å². The summed E-state index contributed by atoms with van der Waals surface area (Å²) in [6, 6.07) is 2.98. The molecule has 0 unspecified atom stereocenters. The first kappa shape index (κ1) is 8.77. The maximum atomic E-state index is 11.9. The number of pyridine rings is 1. The van der Waals surface area contributed by atoms with Gasteiger partial charge >= 0.3 is 6.43 Å². The number of rotatable bonds is 2. The zero-order chi connectivity index (χ0) is 9.14. The Morgan fingerprint density at radius 2 is 2.25 bits per heavy atom. The average Bonchev–Trinajstić information content (AvgIpc) is 2.03. The fourth-order valence-electron chi connectivity index (χ4n) is 0.783. The van der Waals surface area contributed by atoms with E-state index in [-0.39, 0.29) is 5.69 Å². The molecule has 0 saturated carbocycles. The number of carbonyl (C=O) groups excluding carboxylic acids is 1. The van der Waals surface area contributed by atoms with E-state index in [4.69, 9.17) is 0 Å². The lowest BCUT2D eigenvalue weighted by molar-refractivity contribution is 0.0673. The molecule has 0 aliphatic heterocycles. The van der Waals surface area contributed by atoms with Crippen LogP contribution in [0.1, 0.15) is 16.1 Å². The van der Waals surface area contributed by atoms with Crippen LogP contribution in [0, 0.1) is 6.92 Å². The van der Waals surface area contributed by atoms with Crippen LogP contribution in [0.3, 0.4) is 0 Å². The first-order chi connectivity index (χ1) is 5.61. The molecule has 0 saturated heterocycles. The highest BCUT2D eigenvalue weighted by atomic mass is 19.3. The number of aromatic nitrogens is 1. The molecule has 1 aromatic heterocycles. The highest BCUT2D eigenvalue weighted by molar-refractivity contribution is 5.96. The number of halogens is 2. The lowest BCUT2D eigenvalue weighted by atomic mass is 10.2. The standard InChI is InChI=1S/C8H7F2NO/c1-5-2-3-11-6(4-5)7(12)8(9)10/h2-4,8H,1H3. The van der Waals surface area contributed by atoms with Crippen LogP contribution in [0.5, 0.6) is 0 Å². The third kappa shape index (κ3) is 1.84. The van der Waals surface area contributed by atoms with Crippen LogP contribution in [0.2, 0.25) is 0 Å². The summed E-state index contributed by atoms with van der Waals surface area (Å²) >= 11 is 0. The number of Topliss-reactive ketones (excluding diaryl/α,β-unsaturated/α-hetero) is 1. The molecule has 0 aliphatic rings. The van der Waals surface area contributed by atoms with Crippen LogP contribution in [0.15, 0.2) is 18.3 Å². The Labute approximate surface area is 68.2 Å². The molecule has 12 heavy (non-hydrogen) atoms. The van der Waals surface area contributed by atoms with Crippen molar-refractivity contribution in [2.75, 3.05) is 0 Å². The molecule has 0 bridgehead atoms. The average molecular weight is 171 g/mol. The molecule has 0 N–H and O–H groups in total. The summed E-state index contributed by atoms with van der Waals surface area (Å²) in [7, 11) is 0. The molecule has 1 aromatic rings. The van der Waals surface area contributed by atoms with Crippen LogP contribution in [0.4, 0.5) is 8.78 Å². The maximum absolute atomic E-state index is 11.9. The highest BCUT2D eigenvalue weighted by Gasteiger charge is 2.18. The van der Waals surface area contributed by atoms with E-state index in [9.17, 15) is 13.6 Å². The van der Waals surface area contributed by atoms with Gasteiger partial charge in [0.1, 0.15) is 5.69 Å². The molecule has 4 heteroatoms. The van der Waals surface area contributed by atoms with Gasteiger partial charge in [-0.1, -0.05) is 0 Å². The topological polar surface area (TPSA) is 30.0 Å². The molecule has 0 aliphatic carbocycles. The molecule has 0 radical (unpaired) electrons. The number of aryl methyl sites for hydroxylation is 1. The molecule has 1 rings (SSSR count). The van der Waals surface area contributed by atoms with Gasteiger partial charge in [-0.2, -0.15) is 0 Å². The van der Waals surface area contributed by atoms with Gasteiger partial charge in [-0.15, -0.1) is 0 Å². The smallest absolute Gasteiger partial charge is 0.286 e. The summed E-state index contributed by atoms with van der Waals surface area (Å²) in [6.45, 7) is 1.71. The quantitative estimate of drug-likeness (QED) is 0.635. The Kier molecular flexibility index (Phi) is 2.47. The van der Waals surface area contributed by atoms with Crippen molar-refractivity contribution in [2.45, 2.75) is 13.3 Å². The van der Waals surface area contributed by atoms with Gasteiger partial charge in [0.25, 0.3) is 0 Å². The molecule has 0 spiro atoms. The normalized spacial score (nSPS) is 10.3. The van der Waals surface area contributed by atoms with Crippen molar-refractivity contribution >= 4 is 5.78 Å². The minimum atomic E-state index is -2.97. The Bertz CT molecular complexity index is 299. The SMILES string of the molecule is Cc1ccnc(C(=O)C(F)F)c1. The van der Waals surface area contributed by atoms with Gasteiger partial charge in [0, 0.05) is 6.20 Å². The molecule has 64 valence electrons. The lowest BCUT2D eigenvalue weighted by Gasteiger charge is -1.98. The predicted molar refractivity (Wildman–Crippen MR) is 39.3 cm³/mol. The van der Waals surface area contributed by atoms with Crippen molar-refractivity contribution < 1.29 is 13.6 Å². The van der Waals surface area contributed by atoms with E-state index in [0.29, 0.717) is 0 Å². The van der Waals surface area contributed by atoms with Crippen molar-refractivity contribution in [1.82, 2.24) is 4.98 Å². The van der Waals surface area contributed by atoms with E-state index in [1.165, 1.54) is 12.3 Å². The molecular formula is C8H7F2NO. The van der Waals surface area contributed by atoms with Gasteiger partial charge in [-0.3, -0.25) is 9.78 Å². The van der Waals surface area contributed by atoms with Crippen molar-refractivity contribution in [3.05, 3.63) is 29.6 Å². The monoisotopic (exact) mass is 171 g/mol. The zero-order valence-corrected chi connectivity index (χ0v) is 6.42. The Hall–Kier alpha value is -1.32. The second-order valence-corrected chi connectivity index (χ2v) is 2.38. The molecule has 2 nitrogen and oxygen atoms in total. The third-order valence-electron chi connectivity index (χ3n) is 1.37. The largest absolute Gasteiger partial charge is 0.302 e. The summed E-state index contributed by atoms with van der Waals surface area (Å²) in [5.41, 5.74) is 0.569. The summed E-state index contributed by atoms with van der Waals surface area (Å²) in [5.74, 6) is -1.22. The molecular weight excluding hydrogens is 164 g/mol. The highest BCUT2D eigenvalue weighted by Crippen LogP contribution is 2.06. The van der Waals surface area contributed by atoms with E-state index < -0.39 is 12.2 Å². The van der Waals surface area contributed by atoms with Gasteiger partial charge in [0.05, 0.1) is 0 Å². The molecule has 0 aromatic carbocycles. The molecule has 1 heterocycles. The number of nitrogens with zero attached hydrogens (tertiary/aromatic N) is 1. The molecule has 0 atom stereocenters. The number of alkyl halides is 2. The van der Waals surface area contributed by atoms with Gasteiger partial charge in [0.15, 0.2) is 0 Å². The van der Waals surface area contributed by atoms with Gasteiger partial charge in [-0.25, -0.2) is 8.78 Å². The Morgan fingerprint density at radius 3 is 2.75 bits per heavy atom. The number of ketones is 1. The minimum Gasteiger partial charge on any atom is -0.286 e. The van der Waals surface area contributed by atoms with Crippen LogP contribution >= 0.6 is 0 Å². The van der Waals surface area contributed by atoms with Crippen LogP contribution < -0.4 is 0 Å². The van der Waals surface area contributed by atoms with Crippen molar-refractivity contribution in [3.63, 3.8) is 0 Å². The lowest BCUT2D eigenvalue weighted by Crippen LogP contribution is -2.11. The first-order valence-electron chi connectivity index (χ1n) is 3.36. The molecule has 0 amide bonds. The maximum Gasteiger partial charge on any atom is 0.302 e. The fraction of sp³-hybridized carbons (Fsp3) is 0.250. The zero-order valence-electron chi connectivity index (χ0n) is 6.42. The van der Waals surface area contributed by atoms with Gasteiger partial charge in [0.2, 0.25) is 5.78 Å². The summed E-state index contributed by atoms with van der Waals surface area (Å²) in [4.78, 5) is 14.2. The Morgan fingerprint density at radius 1 is 1.58 bits per heavy atom.